The summed E-state index contributed by atoms with van der Waals surface area (Å²) in [6.45, 7) is 0.0241. The summed E-state index contributed by atoms with van der Waals surface area (Å²) in [7, 11) is 0. The monoisotopic (exact) mass is 277 g/mol. The first-order valence-corrected chi connectivity index (χ1v) is 5.91. The van der Waals surface area contributed by atoms with Crippen molar-refractivity contribution in [2.45, 2.75) is 6.54 Å². The summed E-state index contributed by atoms with van der Waals surface area (Å²) in [5.41, 5.74) is 6.10. The second-order valence-corrected chi connectivity index (χ2v) is 4.07. The van der Waals surface area contributed by atoms with Crippen LogP contribution in [-0.4, -0.2) is 6.03 Å². The van der Waals surface area contributed by atoms with Crippen LogP contribution in [0, 0.1) is 11.6 Å². The highest BCUT2D eigenvalue weighted by atomic mass is 19.1. The maximum atomic E-state index is 13.4. The van der Waals surface area contributed by atoms with Crippen LogP contribution in [0.3, 0.4) is 0 Å². The molecule has 104 valence electrons. The predicted octanol–water partition coefficient (Wildman–Crippen LogP) is 3.07. The number of amides is 2. The van der Waals surface area contributed by atoms with Crippen molar-refractivity contribution in [3.8, 4) is 0 Å². The zero-order chi connectivity index (χ0) is 14.5. The zero-order valence-electron chi connectivity index (χ0n) is 10.5. The van der Waals surface area contributed by atoms with Gasteiger partial charge in [0, 0.05) is 17.8 Å². The van der Waals surface area contributed by atoms with E-state index in [4.69, 9.17) is 5.73 Å². The van der Waals surface area contributed by atoms with Gasteiger partial charge >= 0.3 is 6.03 Å². The number of carbonyl (C=O) groups excluding carboxylic acids is 1. The Balaban J connectivity index is 2.07. The van der Waals surface area contributed by atoms with E-state index in [1.165, 1.54) is 36.4 Å². The van der Waals surface area contributed by atoms with Gasteiger partial charge < -0.3 is 16.4 Å². The standard InChI is InChI=1S/C14H13F2N3O/c15-11-6-5-10(7-9(11)8-17)18-14(20)19-13-4-2-1-3-12(13)16/h1-7H,8,17H2,(H2,18,19,20). The number of hydrogen-bond acceptors (Lipinski definition) is 2. The smallest absolute Gasteiger partial charge is 0.323 e. The highest BCUT2D eigenvalue weighted by Crippen LogP contribution is 2.16. The fraction of sp³-hybridized carbons (Fsp3) is 0.0714. The van der Waals surface area contributed by atoms with Gasteiger partial charge in [0.1, 0.15) is 11.6 Å². The van der Waals surface area contributed by atoms with Gasteiger partial charge in [-0.15, -0.1) is 0 Å². The summed E-state index contributed by atoms with van der Waals surface area (Å²) in [4.78, 5) is 11.7. The Morgan fingerprint density at radius 2 is 1.80 bits per heavy atom. The number of nitrogens with one attached hydrogen (secondary N) is 2. The fourth-order valence-corrected chi connectivity index (χ4v) is 1.66. The van der Waals surface area contributed by atoms with Gasteiger partial charge in [-0.05, 0) is 30.3 Å². The third-order valence-corrected chi connectivity index (χ3v) is 2.65. The minimum atomic E-state index is -0.621. The van der Waals surface area contributed by atoms with E-state index in [-0.39, 0.29) is 17.8 Å². The molecular formula is C14H13F2N3O. The number of benzene rings is 2. The van der Waals surface area contributed by atoms with Crippen molar-refractivity contribution in [3.63, 3.8) is 0 Å². The molecule has 0 spiro atoms. The Morgan fingerprint density at radius 1 is 1.05 bits per heavy atom. The number of anilines is 2. The molecule has 20 heavy (non-hydrogen) atoms. The molecule has 2 amide bonds. The lowest BCUT2D eigenvalue weighted by Gasteiger charge is -2.09. The third kappa shape index (κ3) is 3.30. The summed E-state index contributed by atoms with van der Waals surface area (Å²) in [5, 5.41) is 4.84. The van der Waals surface area contributed by atoms with Gasteiger partial charge in [0.25, 0.3) is 0 Å². The molecule has 0 radical (unpaired) electrons. The van der Waals surface area contributed by atoms with Crippen LogP contribution in [-0.2, 0) is 6.54 Å². The largest absolute Gasteiger partial charge is 0.326 e. The van der Waals surface area contributed by atoms with Gasteiger partial charge in [-0.25, -0.2) is 13.6 Å². The Hall–Kier alpha value is -2.47. The molecule has 0 aliphatic carbocycles. The van der Waals surface area contributed by atoms with E-state index in [0.717, 1.165) is 0 Å². The Morgan fingerprint density at radius 3 is 2.50 bits per heavy atom. The van der Waals surface area contributed by atoms with Crippen molar-refractivity contribution < 1.29 is 13.6 Å². The van der Waals surface area contributed by atoms with Gasteiger partial charge in [-0.1, -0.05) is 12.1 Å². The second kappa shape index (κ2) is 6.12. The molecule has 0 saturated carbocycles. The molecule has 4 nitrogen and oxygen atoms in total. The SMILES string of the molecule is NCc1cc(NC(=O)Nc2ccccc2F)ccc1F. The number of nitrogens with two attached hydrogens (primary N) is 1. The number of halogens is 2. The van der Waals surface area contributed by atoms with E-state index in [0.29, 0.717) is 5.69 Å². The molecule has 0 unspecified atom stereocenters. The summed E-state index contributed by atoms with van der Waals surface area (Å²) in [5.74, 6) is -0.975. The number of urea groups is 1. The summed E-state index contributed by atoms with van der Waals surface area (Å²) in [6.07, 6.45) is 0. The predicted molar refractivity (Wildman–Crippen MR) is 73.3 cm³/mol. The van der Waals surface area contributed by atoms with Gasteiger partial charge in [-0.3, -0.25) is 0 Å². The molecule has 0 fully saturated rings. The van der Waals surface area contributed by atoms with Gasteiger partial charge in [0.2, 0.25) is 0 Å². The maximum Gasteiger partial charge on any atom is 0.323 e. The third-order valence-electron chi connectivity index (χ3n) is 2.65. The number of hydrogen-bond donors (Lipinski definition) is 3. The molecule has 2 rings (SSSR count). The first kappa shape index (κ1) is 14.0. The van der Waals surface area contributed by atoms with Crippen LogP contribution in [0.4, 0.5) is 25.0 Å². The molecule has 0 bridgehead atoms. The lowest BCUT2D eigenvalue weighted by molar-refractivity contribution is 0.262. The summed E-state index contributed by atoms with van der Waals surface area (Å²) >= 11 is 0. The Labute approximate surface area is 114 Å². The van der Waals surface area contributed by atoms with Crippen molar-refractivity contribution in [1.82, 2.24) is 0 Å². The zero-order valence-corrected chi connectivity index (χ0v) is 10.5. The molecular weight excluding hydrogens is 264 g/mol. The van der Waals surface area contributed by atoms with Crippen LogP contribution in [0.2, 0.25) is 0 Å². The van der Waals surface area contributed by atoms with E-state index < -0.39 is 17.7 Å². The molecule has 0 aromatic heterocycles. The molecule has 0 aliphatic rings. The van der Waals surface area contributed by atoms with Crippen LogP contribution in [0.25, 0.3) is 0 Å². The average molecular weight is 277 g/mol. The molecule has 0 heterocycles. The van der Waals surface area contributed by atoms with E-state index in [1.807, 2.05) is 0 Å². The van der Waals surface area contributed by atoms with Crippen molar-refractivity contribution in [3.05, 3.63) is 59.7 Å². The summed E-state index contributed by atoms with van der Waals surface area (Å²) in [6, 6.07) is 9.21. The van der Waals surface area contributed by atoms with Crippen LogP contribution in [0.15, 0.2) is 42.5 Å². The van der Waals surface area contributed by atoms with Crippen LogP contribution >= 0.6 is 0 Å². The number of para-hydroxylation sites is 1. The van der Waals surface area contributed by atoms with Crippen LogP contribution < -0.4 is 16.4 Å². The highest BCUT2D eigenvalue weighted by molar-refractivity contribution is 5.99. The fourth-order valence-electron chi connectivity index (χ4n) is 1.66. The van der Waals surface area contributed by atoms with Crippen molar-refractivity contribution in [1.29, 1.82) is 0 Å². The molecule has 2 aromatic carbocycles. The van der Waals surface area contributed by atoms with E-state index in [1.54, 1.807) is 6.07 Å². The van der Waals surface area contributed by atoms with E-state index in [9.17, 15) is 13.6 Å². The molecule has 0 saturated heterocycles. The normalized spacial score (nSPS) is 10.2. The van der Waals surface area contributed by atoms with Crippen molar-refractivity contribution in [2.24, 2.45) is 5.73 Å². The Kier molecular flexibility index (Phi) is 4.27. The van der Waals surface area contributed by atoms with Crippen molar-refractivity contribution >= 4 is 17.4 Å². The molecule has 2 aromatic rings. The summed E-state index contributed by atoms with van der Waals surface area (Å²) < 4.78 is 26.6. The lowest BCUT2D eigenvalue weighted by atomic mass is 10.2. The molecule has 0 atom stereocenters. The van der Waals surface area contributed by atoms with Gasteiger partial charge in [-0.2, -0.15) is 0 Å². The van der Waals surface area contributed by atoms with Crippen LogP contribution in [0.5, 0.6) is 0 Å². The molecule has 0 aliphatic heterocycles. The number of rotatable bonds is 3. The van der Waals surface area contributed by atoms with Gasteiger partial charge in [0.15, 0.2) is 0 Å². The first-order valence-electron chi connectivity index (χ1n) is 5.91. The maximum absolute atomic E-state index is 13.4. The first-order chi connectivity index (χ1) is 9.60. The van der Waals surface area contributed by atoms with Gasteiger partial charge in [0.05, 0.1) is 5.69 Å². The lowest BCUT2D eigenvalue weighted by Crippen LogP contribution is -2.20. The second-order valence-electron chi connectivity index (χ2n) is 4.07. The van der Waals surface area contributed by atoms with Crippen molar-refractivity contribution in [2.75, 3.05) is 10.6 Å². The molecule has 4 N–H and O–H groups in total. The van der Waals surface area contributed by atoms with E-state index in [2.05, 4.69) is 10.6 Å². The topological polar surface area (TPSA) is 67.1 Å². The molecule has 6 heteroatoms. The van der Waals surface area contributed by atoms with E-state index >= 15 is 0 Å². The minimum Gasteiger partial charge on any atom is -0.326 e. The van der Waals surface area contributed by atoms with Crippen LogP contribution in [0.1, 0.15) is 5.56 Å². The number of carbonyl (C=O) groups is 1. The minimum absolute atomic E-state index is 0.0241. The Bertz CT molecular complexity index is 632. The average Bonchev–Trinajstić information content (AvgIpc) is 2.43. The quantitative estimate of drug-likeness (QED) is 0.807. The highest BCUT2D eigenvalue weighted by Gasteiger charge is 2.08.